The predicted molar refractivity (Wildman–Crippen MR) is 127 cm³/mol. The Labute approximate surface area is 197 Å². The van der Waals surface area contributed by atoms with Gasteiger partial charge in [0, 0.05) is 16.7 Å². The average molecular weight is 566 g/mol. The van der Waals surface area contributed by atoms with E-state index in [-0.39, 0.29) is 17.4 Å². The number of fused-ring (bicyclic) bond motifs is 1. The minimum Gasteiger partial charge on any atom is -0.483 e. The van der Waals surface area contributed by atoms with Crippen molar-refractivity contribution in [3.8, 4) is 5.75 Å². The van der Waals surface area contributed by atoms with Crippen LogP contribution in [0.1, 0.15) is 5.56 Å². The maximum Gasteiger partial charge on any atom is 0.264 e. The number of sulfonamides is 1. The second kappa shape index (κ2) is 9.02. The molecule has 6 nitrogen and oxygen atoms in total. The number of carbonyl (C=O) groups excluding carboxylic acids is 1. The van der Waals surface area contributed by atoms with Gasteiger partial charge in [-0.05, 0) is 76.4 Å². The second-order valence-electron chi connectivity index (χ2n) is 6.89. The molecular formula is C22H18Br2N2O4S. The van der Waals surface area contributed by atoms with Crippen molar-refractivity contribution in [2.24, 2.45) is 0 Å². The summed E-state index contributed by atoms with van der Waals surface area (Å²) in [7, 11) is -3.67. The SMILES string of the molecule is O=C(COc1ccc(Br)cc1Br)Nc1ccc(S(=O)(=O)N2CCc3ccccc32)cc1. The third kappa shape index (κ3) is 4.78. The quantitative estimate of drug-likeness (QED) is 0.457. The topological polar surface area (TPSA) is 75.7 Å². The molecule has 0 spiro atoms. The summed E-state index contributed by atoms with van der Waals surface area (Å²) in [4.78, 5) is 12.4. The fourth-order valence-corrected chi connectivity index (χ4v) is 5.99. The molecule has 1 aliphatic rings. The van der Waals surface area contributed by atoms with E-state index >= 15 is 0 Å². The first-order valence-corrected chi connectivity index (χ1v) is 12.5. The lowest BCUT2D eigenvalue weighted by Gasteiger charge is -2.19. The van der Waals surface area contributed by atoms with Crippen LogP contribution in [0.25, 0.3) is 0 Å². The molecule has 4 rings (SSSR count). The Kier molecular flexibility index (Phi) is 6.36. The van der Waals surface area contributed by atoms with Crippen molar-refractivity contribution >= 4 is 59.2 Å². The highest BCUT2D eigenvalue weighted by molar-refractivity contribution is 9.11. The molecule has 1 heterocycles. The summed E-state index contributed by atoms with van der Waals surface area (Å²) in [5.74, 6) is 0.199. The van der Waals surface area contributed by atoms with Gasteiger partial charge in [0.25, 0.3) is 15.9 Å². The van der Waals surface area contributed by atoms with E-state index in [0.29, 0.717) is 24.4 Å². The molecule has 31 heavy (non-hydrogen) atoms. The van der Waals surface area contributed by atoms with Crippen molar-refractivity contribution in [3.05, 3.63) is 81.2 Å². The molecule has 1 N–H and O–H groups in total. The first-order valence-electron chi connectivity index (χ1n) is 9.43. The summed E-state index contributed by atoms with van der Waals surface area (Å²) in [6.45, 7) is 0.244. The molecule has 0 unspecified atom stereocenters. The number of ether oxygens (including phenoxy) is 1. The fraction of sp³-hybridized carbons (Fsp3) is 0.136. The summed E-state index contributed by atoms with van der Waals surface area (Å²) < 4.78 is 34.7. The number of carbonyl (C=O) groups is 1. The second-order valence-corrected chi connectivity index (χ2v) is 10.5. The number of hydrogen-bond acceptors (Lipinski definition) is 4. The summed E-state index contributed by atoms with van der Waals surface area (Å²) in [5.41, 5.74) is 2.23. The van der Waals surface area contributed by atoms with Crippen molar-refractivity contribution in [1.82, 2.24) is 0 Å². The van der Waals surface area contributed by atoms with Gasteiger partial charge in [0.05, 0.1) is 15.1 Å². The van der Waals surface area contributed by atoms with Crippen LogP contribution in [0.2, 0.25) is 0 Å². The molecule has 0 fully saturated rings. The fourth-order valence-electron chi connectivity index (χ4n) is 3.33. The number of hydrogen-bond donors (Lipinski definition) is 1. The Morgan fingerprint density at radius 2 is 1.77 bits per heavy atom. The molecule has 0 saturated carbocycles. The smallest absolute Gasteiger partial charge is 0.264 e. The molecule has 0 radical (unpaired) electrons. The van der Waals surface area contributed by atoms with Gasteiger partial charge in [0.15, 0.2) is 6.61 Å². The van der Waals surface area contributed by atoms with Crippen LogP contribution in [0.3, 0.4) is 0 Å². The summed E-state index contributed by atoms with van der Waals surface area (Å²) in [5, 5.41) is 2.71. The molecular weight excluding hydrogens is 548 g/mol. The van der Waals surface area contributed by atoms with E-state index in [4.69, 9.17) is 4.74 Å². The van der Waals surface area contributed by atoms with Crippen LogP contribution in [0.15, 0.2) is 80.6 Å². The maximum atomic E-state index is 13.1. The van der Waals surface area contributed by atoms with Gasteiger partial charge in [-0.3, -0.25) is 9.10 Å². The lowest BCUT2D eigenvalue weighted by atomic mass is 10.2. The van der Waals surface area contributed by atoms with Gasteiger partial charge in [-0.2, -0.15) is 0 Å². The Hall–Kier alpha value is -2.36. The van der Waals surface area contributed by atoms with E-state index in [2.05, 4.69) is 37.2 Å². The number of rotatable bonds is 6. The molecule has 0 atom stereocenters. The highest BCUT2D eigenvalue weighted by Crippen LogP contribution is 2.33. The lowest BCUT2D eigenvalue weighted by molar-refractivity contribution is -0.118. The van der Waals surface area contributed by atoms with Crippen LogP contribution in [-0.4, -0.2) is 27.5 Å². The molecule has 160 valence electrons. The van der Waals surface area contributed by atoms with Crippen LogP contribution < -0.4 is 14.4 Å². The minimum atomic E-state index is -3.67. The molecule has 0 saturated heterocycles. The predicted octanol–water partition coefficient (Wildman–Crippen LogP) is 4.98. The van der Waals surface area contributed by atoms with Crippen molar-refractivity contribution in [2.45, 2.75) is 11.3 Å². The number of amides is 1. The van der Waals surface area contributed by atoms with Gasteiger partial charge in [-0.15, -0.1) is 0 Å². The Balaban J connectivity index is 1.40. The molecule has 3 aromatic carbocycles. The molecule has 1 amide bonds. The lowest BCUT2D eigenvalue weighted by Crippen LogP contribution is -2.29. The van der Waals surface area contributed by atoms with Crippen LogP contribution in [-0.2, 0) is 21.2 Å². The summed E-state index contributed by atoms with van der Waals surface area (Å²) in [6, 6.07) is 19.0. The zero-order valence-corrected chi connectivity index (χ0v) is 20.2. The zero-order valence-electron chi connectivity index (χ0n) is 16.2. The van der Waals surface area contributed by atoms with E-state index in [0.717, 1.165) is 20.2 Å². The normalized spacial score (nSPS) is 13.0. The Morgan fingerprint density at radius 1 is 1.03 bits per heavy atom. The largest absolute Gasteiger partial charge is 0.483 e. The first kappa shape index (κ1) is 21.9. The third-order valence-electron chi connectivity index (χ3n) is 4.82. The highest BCUT2D eigenvalue weighted by atomic mass is 79.9. The summed E-state index contributed by atoms with van der Waals surface area (Å²) in [6.07, 6.45) is 0.692. The average Bonchev–Trinajstić information content (AvgIpc) is 3.18. The van der Waals surface area contributed by atoms with Gasteiger partial charge in [0.2, 0.25) is 0 Å². The van der Waals surface area contributed by atoms with E-state index in [9.17, 15) is 13.2 Å². The van der Waals surface area contributed by atoms with Crippen molar-refractivity contribution in [3.63, 3.8) is 0 Å². The molecule has 1 aliphatic heterocycles. The number of halogens is 2. The Morgan fingerprint density at radius 3 is 2.52 bits per heavy atom. The standard InChI is InChI=1S/C22H18Br2N2O4S/c23-16-5-10-21(19(24)13-16)30-14-22(27)25-17-6-8-18(9-7-17)31(28,29)26-12-11-15-3-1-2-4-20(15)26/h1-10,13H,11-12,14H2,(H,25,27). The van der Waals surface area contributed by atoms with Crippen molar-refractivity contribution in [2.75, 3.05) is 22.8 Å². The number of anilines is 2. The summed E-state index contributed by atoms with van der Waals surface area (Å²) >= 11 is 6.74. The molecule has 3 aromatic rings. The van der Waals surface area contributed by atoms with Crippen LogP contribution in [0, 0.1) is 0 Å². The minimum absolute atomic E-state index is 0.176. The number of benzene rings is 3. The third-order valence-corrected chi connectivity index (χ3v) is 7.76. The zero-order chi connectivity index (χ0) is 22.0. The van der Waals surface area contributed by atoms with E-state index < -0.39 is 10.0 Å². The first-order chi connectivity index (χ1) is 14.8. The van der Waals surface area contributed by atoms with Crippen molar-refractivity contribution in [1.29, 1.82) is 0 Å². The molecule has 0 aliphatic carbocycles. The maximum absolute atomic E-state index is 13.1. The molecule has 9 heteroatoms. The van der Waals surface area contributed by atoms with Gasteiger partial charge in [0.1, 0.15) is 5.75 Å². The molecule has 0 bridgehead atoms. The molecule has 0 aromatic heterocycles. The Bertz CT molecular complexity index is 1230. The van der Waals surface area contributed by atoms with Gasteiger partial charge in [-0.25, -0.2) is 8.42 Å². The van der Waals surface area contributed by atoms with Crippen molar-refractivity contribution < 1.29 is 17.9 Å². The number of nitrogens with one attached hydrogen (secondary N) is 1. The van der Waals surface area contributed by atoms with Gasteiger partial charge < -0.3 is 10.1 Å². The van der Waals surface area contributed by atoms with Gasteiger partial charge >= 0.3 is 0 Å². The van der Waals surface area contributed by atoms with Crippen LogP contribution in [0.4, 0.5) is 11.4 Å². The van der Waals surface area contributed by atoms with Gasteiger partial charge in [-0.1, -0.05) is 34.1 Å². The van der Waals surface area contributed by atoms with E-state index in [1.165, 1.54) is 16.4 Å². The van der Waals surface area contributed by atoms with Crippen LogP contribution >= 0.6 is 31.9 Å². The monoisotopic (exact) mass is 564 g/mol. The van der Waals surface area contributed by atoms with E-state index in [1.807, 2.05) is 36.4 Å². The number of nitrogens with zero attached hydrogens (tertiary/aromatic N) is 1. The van der Waals surface area contributed by atoms with Crippen LogP contribution in [0.5, 0.6) is 5.75 Å². The van der Waals surface area contributed by atoms with E-state index in [1.54, 1.807) is 18.2 Å². The highest BCUT2D eigenvalue weighted by Gasteiger charge is 2.30. The number of para-hydroxylation sites is 1.